The van der Waals surface area contributed by atoms with Crippen molar-refractivity contribution in [3.05, 3.63) is 33.9 Å². The van der Waals surface area contributed by atoms with Crippen molar-refractivity contribution in [2.24, 2.45) is 0 Å². The summed E-state index contributed by atoms with van der Waals surface area (Å²) >= 11 is 1.68. The number of fused-ring (bicyclic) bond motifs is 1. The number of ether oxygens (including phenoxy) is 1. The molecule has 2 aromatic rings. The number of aromatic amines is 1. The second-order valence-corrected chi connectivity index (χ2v) is 9.90. The highest BCUT2D eigenvalue weighted by atomic mass is 32.2. The number of halogens is 2. The largest absolute Gasteiger partial charge is 0.381 e. The minimum Gasteiger partial charge on any atom is -0.381 e. The Morgan fingerprint density at radius 3 is 2.59 bits per heavy atom. The molecule has 32 heavy (non-hydrogen) atoms. The quantitative estimate of drug-likeness (QED) is 0.578. The minimum atomic E-state index is -1.18. The van der Waals surface area contributed by atoms with Gasteiger partial charge >= 0.3 is 0 Å². The van der Waals surface area contributed by atoms with Crippen molar-refractivity contribution in [2.75, 3.05) is 12.4 Å². The van der Waals surface area contributed by atoms with E-state index in [2.05, 4.69) is 20.6 Å². The molecule has 2 aliphatic carbocycles. The first-order chi connectivity index (χ1) is 15.3. The molecule has 1 amide bonds. The van der Waals surface area contributed by atoms with Gasteiger partial charge in [0, 0.05) is 31.4 Å². The van der Waals surface area contributed by atoms with Crippen LogP contribution in [0.15, 0.2) is 10.9 Å². The molecule has 0 unspecified atom stereocenters. The number of methoxy groups -OCH3 is 1. The van der Waals surface area contributed by atoms with Gasteiger partial charge in [0.15, 0.2) is 11.6 Å². The lowest BCUT2D eigenvalue weighted by molar-refractivity contribution is -0.119. The summed E-state index contributed by atoms with van der Waals surface area (Å²) in [7, 11) is 1.63. The Morgan fingerprint density at radius 2 is 1.94 bits per heavy atom. The molecule has 0 aliphatic heterocycles. The van der Waals surface area contributed by atoms with Crippen LogP contribution in [0.3, 0.4) is 0 Å². The van der Waals surface area contributed by atoms with E-state index >= 15 is 0 Å². The summed E-state index contributed by atoms with van der Waals surface area (Å²) in [5.74, 6) is -1.34. The van der Waals surface area contributed by atoms with Crippen molar-refractivity contribution >= 4 is 34.3 Å². The molecule has 0 spiro atoms. The highest BCUT2D eigenvalue weighted by molar-refractivity contribution is 7.99. The van der Waals surface area contributed by atoms with Crippen LogP contribution in [0.4, 0.5) is 14.5 Å². The average molecular weight is 467 g/mol. The summed E-state index contributed by atoms with van der Waals surface area (Å²) < 4.78 is 34.4. The number of nitrogens with zero attached hydrogens (tertiary/aromatic N) is 1. The molecule has 4 rings (SSSR count). The molecule has 2 fully saturated rings. The van der Waals surface area contributed by atoms with Crippen molar-refractivity contribution in [3.63, 3.8) is 0 Å². The number of benzene rings is 1. The van der Waals surface area contributed by atoms with E-state index in [1.165, 1.54) is 13.0 Å². The van der Waals surface area contributed by atoms with Crippen LogP contribution in [0, 0.1) is 11.6 Å². The predicted octanol–water partition coefficient (Wildman–Crippen LogP) is 3.47. The highest BCUT2D eigenvalue weighted by Crippen LogP contribution is 2.32. The maximum atomic E-state index is 14.6. The van der Waals surface area contributed by atoms with Gasteiger partial charge in [-0.15, -0.1) is 0 Å². The number of H-pyrrole nitrogens is 1. The summed E-state index contributed by atoms with van der Waals surface area (Å²) in [6.45, 7) is 1.53. The Hall–Kier alpha value is -2.20. The molecule has 10 heteroatoms. The molecule has 1 aromatic carbocycles. The van der Waals surface area contributed by atoms with Gasteiger partial charge in [0.1, 0.15) is 11.2 Å². The van der Waals surface area contributed by atoms with Crippen LogP contribution in [-0.4, -0.2) is 46.4 Å². The number of carbonyl (C=O) groups excluding carboxylic acids is 1. The number of rotatable bonds is 7. The van der Waals surface area contributed by atoms with Crippen LogP contribution in [-0.2, 0) is 15.3 Å². The maximum absolute atomic E-state index is 14.6. The fraction of sp³-hybridized carbons (Fsp3) is 0.591. The summed E-state index contributed by atoms with van der Waals surface area (Å²) in [5, 5.41) is 6.00. The topological polar surface area (TPSA) is 96.1 Å². The molecule has 174 valence electrons. The van der Waals surface area contributed by atoms with Crippen LogP contribution < -0.4 is 16.2 Å². The molecule has 7 nitrogen and oxygen atoms in total. The van der Waals surface area contributed by atoms with Crippen LogP contribution in [0.5, 0.6) is 0 Å². The average Bonchev–Trinajstić information content (AvgIpc) is 2.72. The number of thioether (sulfide) groups is 1. The number of hydrogen-bond acceptors (Lipinski definition) is 6. The van der Waals surface area contributed by atoms with Gasteiger partial charge in [-0.25, -0.2) is 13.8 Å². The highest BCUT2D eigenvalue weighted by Gasteiger charge is 2.30. The Balaban J connectivity index is 1.44. The van der Waals surface area contributed by atoms with Crippen molar-refractivity contribution in [3.8, 4) is 0 Å². The van der Waals surface area contributed by atoms with E-state index in [1.807, 2.05) is 0 Å². The Bertz CT molecular complexity index is 1050. The van der Waals surface area contributed by atoms with Gasteiger partial charge in [-0.1, -0.05) is 0 Å². The predicted molar refractivity (Wildman–Crippen MR) is 121 cm³/mol. The van der Waals surface area contributed by atoms with Crippen LogP contribution in [0.25, 0.3) is 10.9 Å². The number of anilines is 1. The molecule has 0 atom stereocenters. The van der Waals surface area contributed by atoms with Crippen molar-refractivity contribution in [1.29, 1.82) is 0 Å². The Morgan fingerprint density at radius 1 is 1.22 bits per heavy atom. The van der Waals surface area contributed by atoms with E-state index in [0.717, 1.165) is 25.7 Å². The third-order valence-corrected chi connectivity index (χ3v) is 7.63. The molecule has 0 bridgehead atoms. The van der Waals surface area contributed by atoms with Crippen molar-refractivity contribution in [2.45, 2.75) is 74.6 Å². The Kier molecular flexibility index (Phi) is 6.99. The van der Waals surface area contributed by atoms with Gasteiger partial charge in [-0.3, -0.25) is 9.59 Å². The van der Waals surface area contributed by atoms with E-state index in [4.69, 9.17) is 4.74 Å². The summed E-state index contributed by atoms with van der Waals surface area (Å²) in [5.41, 5.74) is -0.517. The number of aromatic nitrogens is 2. The van der Waals surface area contributed by atoms with Crippen molar-refractivity contribution in [1.82, 2.24) is 15.3 Å². The molecule has 0 radical (unpaired) electrons. The normalized spacial score (nSPS) is 25.4. The lowest BCUT2D eigenvalue weighted by Gasteiger charge is -2.35. The van der Waals surface area contributed by atoms with Gasteiger partial charge in [0.25, 0.3) is 5.56 Å². The minimum absolute atomic E-state index is 0.00376. The molecule has 2 saturated carbocycles. The van der Waals surface area contributed by atoms with E-state index in [0.29, 0.717) is 29.7 Å². The molecular formula is C22H28F2N4O3S. The lowest BCUT2D eigenvalue weighted by atomic mass is 9.89. The van der Waals surface area contributed by atoms with Crippen LogP contribution in [0.2, 0.25) is 0 Å². The maximum Gasteiger partial charge on any atom is 0.261 e. The van der Waals surface area contributed by atoms with Gasteiger partial charge < -0.3 is 20.4 Å². The zero-order chi connectivity index (χ0) is 22.8. The standard InChI is InChI=1S/C22H28F2N4O3S/c1-11(29)25-12-3-5-15(6-4-12)32-10-18-27-16-9-17(26-13-7-14(8-13)31-2)20(23)21(24)19(16)22(30)28-18/h9,12-15,26H,3-8,10H2,1-2H3,(H,25,29)(H,27,28,30). The third-order valence-electron chi connectivity index (χ3n) is 6.25. The zero-order valence-corrected chi connectivity index (χ0v) is 19.0. The monoisotopic (exact) mass is 466 g/mol. The summed E-state index contributed by atoms with van der Waals surface area (Å²) in [6.07, 6.45) is 5.32. The van der Waals surface area contributed by atoms with Gasteiger partial charge in [0.2, 0.25) is 5.91 Å². The molecule has 2 aliphatic rings. The summed E-state index contributed by atoms with van der Waals surface area (Å²) in [6, 6.07) is 1.63. The fourth-order valence-corrected chi connectivity index (χ4v) is 5.55. The van der Waals surface area contributed by atoms with E-state index in [1.54, 1.807) is 18.9 Å². The molecule has 1 heterocycles. The number of hydrogen-bond donors (Lipinski definition) is 3. The smallest absolute Gasteiger partial charge is 0.261 e. The fourth-order valence-electron chi connectivity index (χ4n) is 4.41. The van der Waals surface area contributed by atoms with Crippen molar-refractivity contribution < 1.29 is 18.3 Å². The lowest BCUT2D eigenvalue weighted by Crippen LogP contribution is -2.40. The van der Waals surface area contributed by atoms with Crippen LogP contribution in [0.1, 0.15) is 51.3 Å². The number of nitrogens with one attached hydrogen (secondary N) is 3. The van der Waals surface area contributed by atoms with Gasteiger partial charge in [-0.05, 0) is 44.6 Å². The first-order valence-electron chi connectivity index (χ1n) is 10.9. The first kappa shape index (κ1) is 23.0. The third kappa shape index (κ3) is 5.06. The van der Waals surface area contributed by atoms with E-state index in [-0.39, 0.29) is 40.7 Å². The molecule has 1 aromatic heterocycles. The van der Waals surface area contributed by atoms with E-state index < -0.39 is 17.2 Å². The summed E-state index contributed by atoms with van der Waals surface area (Å²) in [4.78, 5) is 30.7. The number of carbonyl (C=O) groups is 1. The molecule has 3 N–H and O–H groups in total. The van der Waals surface area contributed by atoms with Gasteiger partial charge in [0.05, 0.1) is 23.1 Å². The van der Waals surface area contributed by atoms with Crippen LogP contribution >= 0.6 is 11.8 Å². The van der Waals surface area contributed by atoms with Gasteiger partial charge in [-0.2, -0.15) is 11.8 Å². The molecule has 0 saturated heterocycles. The van der Waals surface area contributed by atoms with E-state index in [9.17, 15) is 18.4 Å². The second kappa shape index (κ2) is 9.74. The Labute approximate surface area is 189 Å². The molecular weight excluding hydrogens is 438 g/mol. The first-order valence-corrected chi connectivity index (χ1v) is 12.0. The SMILES string of the molecule is COC1CC(Nc2cc3nc(CSC4CCC(NC(C)=O)CC4)[nH]c(=O)c3c(F)c2F)C1. The number of amides is 1. The zero-order valence-electron chi connectivity index (χ0n) is 18.2. The second-order valence-electron chi connectivity index (χ2n) is 8.61.